The van der Waals surface area contributed by atoms with Gasteiger partial charge in [-0.1, -0.05) is 0 Å². The highest BCUT2D eigenvalue weighted by Crippen LogP contribution is 2.15. The molecule has 0 spiro atoms. The molecular formula is C9H17N3. The lowest BCUT2D eigenvalue weighted by Gasteiger charge is -2.24. The van der Waals surface area contributed by atoms with Gasteiger partial charge in [-0.15, -0.1) is 0 Å². The Kier molecular flexibility index (Phi) is 2.05. The Labute approximate surface area is 74.1 Å². The molecule has 3 heteroatoms. The van der Waals surface area contributed by atoms with Gasteiger partial charge in [-0.2, -0.15) is 0 Å². The Balaban J connectivity index is 2.06. The van der Waals surface area contributed by atoms with Gasteiger partial charge < -0.3 is 9.80 Å². The maximum absolute atomic E-state index is 4.47. The van der Waals surface area contributed by atoms with Crippen molar-refractivity contribution in [3.8, 4) is 0 Å². The van der Waals surface area contributed by atoms with Gasteiger partial charge >= 0.3 is 0 Å². The molecule has 1 saturated heterocycles. The second kappa shape index (κ2) is 3.05. The van der Waals surface area contributed by atoms with Gasteiger partial charge in [0.2, 0.25) is 0 Å². The highest BCUT2D eigenvalue weighted by molar-refractivity contribution is 5.81. The van der Waals surface area contributed by atoms with E-state index >= 15 is 0 Å². The summed E-state index contributed by atoms with van der Waals surface area (Å²) in [5.74, 6) is 1.25. The van der Waals surface area contributed by atoms with Crippen LogP contribution in [0.25, 0.3) is 0 Å². The molecule has 12 heavy (non-hydrogen) atoms. The highest BCUT2D eigenvalue weighted by atomic mass is 15.3. The Morgan fingerprint density at radius 1 is 1.42 bits per heavy atom. The van der Waals surface area contributed by atoms with Gasteiger partial charge in [0.05, 0.1) is 18.4 Å². The number of likely N-dealkylation sites (N-methyl/N-ethyl adjacent to an activating group) is 1. The molecule has 2 heterocycles. The normalized spacial score (nSPS) is 31.3. The van der Waals surface area contributed by atoms with Crippen molar-refractivity contribution in [2.45, 2.75) is 19.4 Å². The van der Waals surface area contributed by atoms with Gasteiger partial charge in [-0.25, -0.2) is 0 Å². The second-order valence-corrected chi connectivity index (χ2v) is 3.85. The van der Waals surface area contributed by atoms with Gasteiger partial charge in [0, 0.05) is 13.1 Å². The number of hydrogen-bond donors (Lipinski definition) is 0. The topological polar surface area (TPSA) is 18.8 Å². The van der Waals surface area contributed by atoms with Crippen LogP contribution in [0, 0.1) is 0 Å². The van der Waals surface area contributed by atoms with Crippen LogP contribution in [0.15, 0.2) is 4.99 Å². The van der Waals surface area contributed by atoms with E-state index in [-0.39, 0.29) is 0 Å². The van der Waals surface area contributed by atoms with Crippen molar-refractivity contribution in [3.05, 3.63) is 0 Å². The number of rotatable bonds is 0. The number of fused-ring (bicyclic) bond motifs is 1. The van der Waals surface area contributed by atoms with E-state index in [9.17, 15) is 0 Å². The fourth-order valence-electron chi connectivity index (χ4n) is 2.15. The maximum Gasteiger partial charge on any atom is 0.0962 e. The second-order valence-electron chi connectivity index (χ2n) is 3.85. The van der Waals surface area contributed by atoms with Crippen molar-refractivity contribution in [3.63, 3.8) is 0 Å². The van der Waals surface area contributed by atoms with Crippen molar-refractivity contribution in [2.75, 3.05) is 33.2 Å². The minimum absolute atomic E-state index is 0.664. The molecule has 1 unspecified atom stereocenters. The predicted molar refractivity (Wildman–Crippen MR) is 50.6 cm³/mol. The third-order valence-corrected chi connectivity index (χ3v) is 2.85. The van der Waals surface area contributed by atoms with E-state index in [1.54, 1.807) is 0 Å². The fraction of sp³-hybridized carbons (Fsp3) is 0.889. The molecule has 0 aromatic carbocycles. The number of hydrogen-bond acceptors (Lipinski definition) is 3. The van der Waals surface area contributed by atoms with Crippen molar-refractivity contribution in [1.29, 1.82) is 0 Å². The lowest BCUT2D eigenvalue weighted by atomic mass is 10.2. The van der Waals surface area contributed by atoms with Crippen LogP contribution < -0.4 is 0 Å². The lowest BCUT2D eigenvalue weighted by molar-refractivity contribution is 0.290. The van der Waals surface area contributed by atoms with Crippen molar-refractivity contribution < 1.29 is 0 Å². The Bertz CT molecular complexity index is 200. The largest absolute Gasteiger partial charge is 0.354 e. The van der Waals surface area contributed by atoms with E-state index in [2.05, 4.69) is 28.8 Å². The zero-order chi connectivity index (χ0) is 8.55. The third-order valence-electron chi connectivity index (χ3n) is 2.85. The monoisotopic (exact) mass is 167 g/mol. The molecule has 0 aromatic rings. The molecule has 0 aliphatic carbocycles. The van der Waals surface area contributed by atoms with Crippen LogP contribution in [0.2, 0.25) is 0 Å². The van der Waals surface area contributed by atoms with Gasteiger partial charge in [0.15, 0.2) is 0 Å². The Morgan fingerprint density at radius 2 is 2.25 bits per heavy atom. The standard InChI is InChI=1S/C9H17N3/c1-8-10-6-9-7-11(2)4-3-5-12(8)9/h9H,3-7H2,1-2H3. The first kappa shape index (κ1) is 8.05. The molecule has 0 N–H and O–H groups in total. The van der Waals surface area contributed by atoms with Crippen LogP contribution in [0.1, 0.15) is 13.3 Å². The average Bonchev–Trinajstić information content (AvgIpc) is 2.31. The summed E-state index contributed by atoms with van der Waals surface area (Å²) >= 11 is 0. The summed E-state index contributed by atoms with van der Waals surface area (Å²) in [4.78, 5) is 9.35. The van der Waals surface area contributed by atoms with E-state index in [0.29, 0.717) is 6.04 Å². The summed E-state index contributed by atoms with van der Waals surface area (Å²) in [5, 5.41) is 0. The average molecular weight is 167 g/mol. The molecule has 0 bridgehead atoms. The smallest absolute Gasteiger partial charge is 0.0962 e. The predicted octanol–water partition coefficient (Wildman–Crippen LogP) is 0.425. The van der Waals surface area contributed by atoms with Crippen molar-refractivity contribution in [2.24, 2.45) is 4.99 Å². The molecule has 2 aliphatic rings. The van der Waals surface area contributed by atoms with Crippen LogP contribution in [0.4, 0.5) is 0 Å². The molecule has 3 nitrogen and oxygen atoms in total. The van der Waals surface area contributed by atoms with Crippen molar-refractivity contribution >= 4 is 5.84 Å². The van der Waals surface area contributed by atoms with Gasteiger partial charge in [0.1, 0.15) is 0 Å². The molecular weight excluding hydrogens is 150 g/mol. The Morgan fingerprint density at radius 3 is 3.08 bits per heavy atom. The van der Waals surface area contributed by atoms with Crippen LogP contribution in [-0.4, -0.2) is 54.9 Å². The molecule has 0 radical (unpaired) electrons. The fourth-order valence-corrected chi connectivity index (χ4v) is 2.15. The van der Waals surface area contributed by atoms with Crippen LogP contribution in [0.5, 0.6) is 0 Å². The molecule has 1 atom stereocenters. The van der Waals surface area contributed by atoms with Crippen LogP contribution in [0.3, 0.4) is 0 Å². The first-order valence-electron chi connectivity index (χ1n) is 4.73. The van der Waals surface area contributed by atoms with Crippen LogP contribution in [-0.2, 0) is 0 Å². The first-order valence-corrected chi connectivity index (χ1v) is 4.73. The molecule has 68 valence electrons. The summed E-state index contributed by atoms with van der Waals surface area (Å²) < 4.78 is 0. The molecule has 2 aliphatic heterocycles. The summed E-state index contributed by atoms with van der Waals surface area (Å²) in [7, 11) is 2.21. The SMILES string of the molecule is CC1=NCC2CN(C)CCCN12. The van der Waals surface area contributed by atoms with E-state index in [4.69, 9.17) is 0 Å². The van der Waals surface area contributed by atoms with E-state index in [1.807, 2.05) is 0 Å². The van der Waals surface area contributed by atoms with E-state index in [0.717, 1.165) is 6.54 Å². The Hall–Kier alpha value is -0.570. The van der Waals surface area contributed by atoms with Crippen LogP contribution >= 0.6 is 0 Å². The van der Waals surface area contributed by atoms with Gasteiger partial charge in [-0.3, -0.25) is 4.99 Å². The minimum Gasteiger partial charge on any atom is -0.354 e. The molecule has 2 rings (SSSR count). The number of aliphatic imine (C=N–C) groups is 1. The van der Waals surface area contributed by atoms with E-state index in [1.165, 1.54) is 31.9 Å². The number of amidine groups is 1. The van der Waals surface area contributed by atoms with Gasteiger partial charge in [0.25, 0.3) is 0 Å². The zero-order valence-corrected chi connectivity index (χ0v) is 7.95. The summed E-state index contributed by atoms with van der Waals surface area (Å²) in [6.07, 6.45) is 1.28. The maximum atomic E-state index is 4.47. The summed E-state index contributed by atoms with van der Waals surface area (Å²) in [6, 6.07) is 0.664. The highest BCUT2D eigenvalue weighted by Gasteiger charge is 2.27. The molecule has 0 saturated carbocycles. The van der Waals surface area contributed by atoms with Crippen molar-refractivity contribution in [1.82, 2.24) is 9.80 Å². The molecule has 0 amide bonds. The third kappa shape index (κ3) is 1.33. The first-order chi connectivity index (χ1) is 5.77. The number of nitrogens with zero attached hydrogens (tertiary/aromatic N) is 3. The van der Waals surface area contributed by atoms with E-state index < -0.39 is 0 Å². The zero-order valence-electron chi connectivity index (χ0n) is 7.95. The summed E-state index contributed by atoms with van der Waals surface area (Å²) in [5.41, 5.74) is 0. The quantitative estimate of drug-likeness (QED) is 0.521. The summed E-state index contributed by atoms with van der Waals surface area (Å²) in [6.45, 7) is 6.76. The van der Waals surface area contributed by atoms with Gasteiger partial charge in [-0.05, 0) is 26.9 Å². The minimum atomic E-state index is 0.664. The lowest BCUT2D eigenvalue weighted by Crippen LogP contribution is -2.39. The molecule has 1 fully saturated rings. The molecule has 0 aromatic heterocycles.